The summed E-state index contributed by atoms with van der Waals surface area (Å²) < 4.78 is 27.1. The van der Waals surface area contributed by atoms with Crippen molar-refractivity contribution < 1.29 is 8.42 Å². The van der Waals surface area contributed by atoms with Gasteiger partial charge in [-0.3, -0.25) is 0 Å². The lowest BCUT2D eigenvalue weighted by Crippen LogP contribution is -2.29. The lowest BCUT2D eigenvalue weighted by molar-refractivity contribution is 0.579. The third kappa shape index (κ3) is 4.40. The van der Waals surface area contributed by atoms with Crippen LogP contribution in [0.1, 0.15) is 26.2 Å². The van der Waals surface area contributed by atoms with E-state index in [9.17, 15) is 8.42 Å². The van der Waals surface area contributed by atoms with E-state index in [4.69, 9.17) is 0 Å². The van der Waals surface area contributed by atoms with E-state index in [2.05, 4.69) is 17.0 Å². The largest absolute Gasteiger partial charge is 0.385 e. The maximum absolute atomic E-state index is 12.2. The predicted molar refractivity (Wildman–Crippen MR) is 85.9 cm³/mol. The first-order chi connectivity index (χ1) is 9.62. The molecule has 1 heterocycles. The van der Waals surface area contributed by atoms with Crippen LogP contribution in [0.25, 0.3) is 0 Å². The predicted octanol–water partition coefficient (Wildman–Crippen LogP) is 2.68. The summed E-state index contributed by atoms with van der Waals surface area (Å²) in [7, 11) is -3.38. The third-order valence-corrected chi connectivity index (χ3v) is 6.11. The van der Waals surface area contributed by atoms with Gasteiger partial charge < -0.3 is 5.32 Å². The molecule has 2 rings (SSSR count). The number of sulfonamides is 1. The lowest BCUT2D eigenvalue weighted by atomic mass is 10.2. The zero-order valence-electron chi connectivity index (χ0n) is 11.8. The minimum Gasteiger partial charge on any atom is -0.385 e. The third-order valence-electron chi connectivity index (χ3n) is 3.27. The van der Waals surface area contributed by atoms with E-state index < -0.39 is 10.0 Å². The molecule has 1 saturated heterocycles. The molecule has 0 amide bonds. The molecule has 1 aliphatic heterocycles. The monoisotopic (exact) mass is 314 g/mol. The Kier molecular flexibility index (Phi) is 5.74. The number of anilines is 1. The Morgan fingerprint density at radius 1 is 1.30 bits per heavy atom. The maximum atomic E-state index is 12.2. The van der Waals surface area contributed by atoms with Crippen LogP contribution < -0.4 is 10.0 Å². The molecule has 0 aromatic heterocycles. The van der Waals surface area contributed by atoms with Gasteiger partial charge in [0.2, 0.25) is 10.0 Å². The van der Waals surface area contributed by atoms with Crippen molar-refractivity contribution in [1.29, 1.82) is 0 Å². The molecule has 1 aromatic carbocycles. The van der Waals surface area contributed by atoms with E-state index in [1.54, 1.807) is 12.1 Å². The van der Waals surface area contributed by atoms with Gasteiger partial charge in [-0.15, -0.1) is 0 Å². The SMILES string of the molecule is CCCNc1ccc(S(=O)(=O)NCC2CCCS2)cc1. The minimum absolute atomic E-state index is 0.336. The number of hydrogen-bond acceptors (Lipinski definition) is 4. The molecule has 1 atom stereocenters. The van der Waals surface area contributed by atoms with Crippen LogP contribution >= 0.6 is 11.8 Å². The van der Waals surface area contributed by atoms with Crippen molar-refractivity contribution in [3.63, 3.8) is 0 Å². The summed E-state index contributed by atoms with van der Waals surface area (Å²) in [5, 5.41) is 3.66. The van der Waals surface area contributed by atoms with Crippen molar-refractivity contribution in [3.8, 4) is 0 Å². The topological polar surface area (TPSA) is 58.2 Å². The van der Waals surface area contributed by atoms with Crippen LogP contribution in [-0.2, 0) is 10.0 Å². The first-order valence-corrected chi connectivity index (χ1v) is 9.60. The molecule has 2 N–H and O–H groups in total. The minimum atomic E-state index is -3.38. The Balaban J connectivity index is 1.94. The fraction of sp³-hybridized carbons (Fsp3) is 0.571. The van der Waals surface area contributed by atoms with Gasteiger partial charge in [0.15, 0.2) is 0 Å². The van der Waals surface area contributed by atoms with Crippen LogP contribution in [-0.4, -0.2) is 32.5 Å². The molecule has 112 valence electrons. The zero-order valence-corrected chi connectivity index (χ0v) is 13.4. The zero-order chi connectivity index (χ0) is 14.4. The molecule has 1 aromatic rings. The van der Waals surface area contributed by atoms with Gasteiger partial charge in [-0.05, 0) is 49.3 Å². The van der Waals surface area contributed by atoms with Crippen LogP contribution in [0.2, 0.25) is 0 Å². The number of nitrogens with one attached hydrogen (secondary N) is 2. The smallest absolute Gasteiger partial charge is 0.240 e. The normalized spacial score (nSPS) is 19.1. The van der Waals surface area contributed by atoms with Crippen molar-refractivity contribution in [2.24, 2.45) is 0 Å². The van der Waals surface area contributed by atoms with Gasteiger partial charge in [0.05, 0.1) is 4.90 Å². The van der Waals surface area contributed by atoms with Gasteiger partial charge in [-0.2, -0.15) is 11.8 Å². The molecule has 0 saturated carbocycles. The first-order valence-electron chi connectivity index (χ1n) is 7.07. The molecule has 6 heteroatoms. The van der Waals surface area contributed by atoms with E-state index in [0.717, 1.165) is 30.8 Å². The van der Waals surface area contributed by atoms with Crippen LogP contribution in [0.4, 0.5) is 5.69 Å². The van der Waals surface area contributed by atoms with Crippen LogP contribution in [0.3, 0.4) is 0 Å². The van der Waals surface area contributed by atoms with Crippen molar-refractivity contribution >= 4 is 27.5 Å². The second-order valence-electron chi connectivity index (χ2n) is 4.94. The van der Waals surface area contributed by atoms with E-state index in [-0.39, 0.29) is 0 Å². The average molecular weight is 314 g/mol. The van der Waals surface area contributed by atoms with E-state index >= 15 is 0 Å². The van der Waals surface area contributed by atoms with E-state index in [0.29, 0.717) is 16.7 Å². The molecule has 1 fully saturated rings. The van der Waals surface area contributed by atoms with Crippen LogP contribution in [0.5, 0.6) is 0 Å². The Morgan fingerprint density at radius 2 is 2.05 bits per heavy atom. The molecule has 0 bridgehead atoms. The summed E-state index contributed by atoms with van der Waals surface area (Å²) in [6.07, 6.45) is 3.34. The number of benzene rings is 1. The Hall–Kier alpha value is -0.720. The molecule has 1 unspecified atom stereocenters. The second kappa shape index (κ2) is 7.33. The second-order valence-corrected chi connectivity index (χ2v) is 8.11. The Morgan fingerprint density at radius 3 is 2.65 bits per heavy atom. The molecule has 0 aliphatic carbocycles. The highest BCUT2D eigenvalue weighted by Crippen LogP contribution is 2.25. The number of rotatable bonds is 7. The van der Waals surface area contributed by atoms with Crippen molar-refractivity contribution in [2.45, 2.75) is 36.3 Å². The molecule has 20 heavy (non-hydrogen) atoms. The van der Waals surface area contributed by atoms with Gasteiger partial charge >= 0.3 is 0 Å². The Labute approximate surface area is 125 Å². The van der Waals surface area contributed by atoms with Gasteiger partial charge in [-0.1, -0.05) is 6.92 Å². The first kappa shape index (κ1) is 15.7. The summed E-state index contributed by atoms with van der Waals surface area (Å²) in [6.45, 7) is 3.52. The molecular weight excluding hydrogens is 292 g/mol. The summed E-state index contributed by atoms with van der Waals surface area (Å²) >= 11 is 1.85. The lowest BCUT2D eigenvalue weighted by Gasteiger charge is -2.11. The maximum Gasteiger partial charge on any atom is 0.240 e. The highest BCUT2D eigenvalue weighted by molar-refractivity contribution is 8.00. The molecule has 0 radical (unpaired) electrons. The van der Waals surface area contributed by atoms with Gasteiger partial charge in [-0.25, -0.2) is 13.1 Å². The van der Waals surface area contributed by atoms with E-state index in [1.807, 2.05) is 23.9 Å². The van der Waals surface area contributed by atoms with Crippen LogP contribution in [0.15, 0.2) is 29.2 Å². The van der Waals surface area contributed by atoms with Gasteiger partial charge in [0.1, 0.15) is 0 Å². The fourth-order valence-corrected chi connectivity index (χ4v) is 4.50. The Bertz CT molecular complexity index is 508. The fourth-order valence-electron chi connectivity index (χ4n) is 2.11. The summed E-state index contributed by atoms with van der Waals surface area (Å²) in [4.78, 5) is 0.336. The van der Waals surface area contributed by atoms with Crippen LogP contribution in [0, 0.1) is 0 Å². The van der Waals surface area contributed by atoms with Crippen molar-refractivity contribution in [1.82, 2.24) is 4.72 Å². The van der Waals surface area contributed by atoms with Crippen molar-refractivity contribution in [2.75, 3.05) is 24.2 Å². The van der Waals surface area contributed by atoms with Gasteiger partial charge in [0.25, 0.3) is 0 Å². The molecular formula is C14H22N2O2S2. The highest BCUT2D eigenvalue weighted by Gasteiger charge is 2.19. The molecule has 0 spiro atoms. The molecule has 1 aliphatic rings. The summed E-state index contributed by atoms with van der Waals surface area (Å²) in [5.41, 5.74) is 0.956. The van der Waals surface area contributed by atoms with E-state index in [1.165, 1.54) is 6.42 Å². The molecule has 4 nitrogen and oxygen atoms in total. The number of thioether (sulfide) groups is 1. The summed E-state index contributed by atoms with van der Waals surface area (Å²) in [5.74, 6) is 1.14. The summed E-state index contributed by atoms with van der Waals surface area (Å²) in [6, 6.07) is 6.94. The average Bonchev–Trinajstić information content (AvgIpc) is 2.97. The number of hydrogen-bond donors (Lipinski definition) is 2. The quantitative estimate of drug-likeness (QED) is 0.812. The standard InChI is InChI=1S/C14H22N2O2S2/c1-2-9-15-12-5-7-14(8-6-12)20(17,18)16-11-13-4-3-10-19-13/h5-8,13,15-16H,2-4,9-11H2,1H3. The van der Waals surface area contributed by atoms with Crippen molar-refractivity contribution in [3.05, 3.63) is 24.3 Å². The van der Waals surface area contributed by atoms with Gasteiger partial charge in [0, 0.05) is 24.0 Å². The highest BCUT2D eigenvalue weighted by atomic mass is 32.2.